The van der Waals surface area contributed by atoms with Crippen molar-refractivity contribution in [3.63, 3.8) is 0 Å². The molecule has 38 heavy (non-hydrogen) atoms. The first-order valence-corrected chi connectivity index (χ1v) is 12.3. The van der Waals surface area contributed by atoms with E-state index >= 15 is 0 Å². The number of alkyl halides is 3. The molecule has 1 amide bonds. The summed E-state index contributed by atoms with van der Waals surface area (Å²) >= 11 is 0. The molecule has 2 fully saturated rings. The number of nitrogens with one attached hydrogen (secondary N) is 2. The highest BCUT2D eigenvalue weighted by Gasteiger charge is 2.38. The van der Waals surface area contributed by atoms with Gasteiger partial charge in [0.05, 0.1) is 29.2 Å². The molecule has 5 rings (SSSR count). The van der Waals surface area contributed by atoms with Gasteiger partial charge in [-0.05, 0) is 45.7 Å². The monoisotopic (exact) mass is 534 g/mol. The Morgan fingerprint density at radius 3 is 2.47 bits per heavy atom. The van der Waals surface area contributed by atoms with Crippen LogP contribution in [-0.4, -0.2) is 56.0 Å². The van der Waals surface area contributed by atoms with Crippen LogP contribution in [0.25, 0.3) is 11.0 Å². The Morgan fingerprint density at radius 2 is 1.87 bits per heavy atom. The topological polar surface area (TPSA) is 113 Å². The fraction of sp³-hybridized carbons (Fsp3) is 0.480. The molecule has 0 bridgehead atoms. The summed E-state index contributed by atoms with van der Waals surface area (Å²) in [5.74, 6) is -1.34. The van der Waals surface area contributed by atoms with Gasteiger partial charge in [-0.3, -0.25) is 9.59 Å². The number of morpholine rings is 1. The van der Waals surface area contributed by atoms with Gasteiger partial charge in [0.1, 0.15) is 5.82 Å². The van der Waals surface area contributed by atoms with Crippen LogP contribution < -0.4 is 10.9 Å². The number of hydrogen-bond acceptors (Lipinski definition) is 7. The standard InChI is InChI=1S/C25H26F4N6O3/c1-11-9-35(10-12(2)38-11)24(37)15-6-18(26)22(30-8-15)31-13(3)16-7-17-21(32-19(16)25(27,28)29)33-20(14-4-5-14)34-23(17)36/h6-8,11-14H,4-5,9-10H2,1-3H3,(H,30,31)(H,32,33,34,36)/t11-,12+,13?. The van der Waals surface area contributed by atoms with Gasteiger partial charge in [0.25, 0.3) is 11.5 Å². The van der Waals surface area contributed by atoms with E-state index in [1.165, 1.54) is 13.1 Å². The van der Waals surface area contributed by atoms with E-state index in [0.717, 1.165) is 25.0 Å². The molecule has 3 atom stereocenters. The van der Waals surface area contributed by atoms with Gasteiger partial charge in [0.15, 0.2) is 23.0 Å². The van der Waals surface area contributed by atoms with Gasteiger partial charge in [-0.15, -0.1) is 0 Å². The molecule has 0 aromatic carbocycles. The van der Waals surface area contributed by atoms with Crippen LogP contribution >= 0.6 is 0 Å². The maximum atomic E-state index is 15.0. The first-order valence-electron chi connectivity index (χ1n) is 12.3. The molecule has 2 N–H and O–H groups in total. The average Bonchev–Trinajstić information content (AvgIpc) is 3.68. The molecule has 9 nitrogen and oxygen atoms in total. The second kappa shape index (κ2) is 9.61. The third-order valence-corrected chi connectivity index (χ3v) is 6.59. The first-order chi connectivity index (χ1) is 17.9. The molecule has 13 heteroatoms. The molecule has 0 radical (unpaired) electrons. The number of carbonyl (C=O) groups excluding carboxylic acids is 1. The van der Waals surface area contributed by atoms with Crippen molar-refractivity contribution in [1.82, 2.24) is 24.8 Å². The highest BCUT2D eigenvalue weighted by atomic mass is 19.4. The zero-order valence-corrected chi connectivity index (χ0v) is 20.9. The Labute approximate surface area is 214 Å². The number of nitrogens with zero attached hydrogens (tertiary/aromatic N) is 4. The number of aromatic nitrogens is 4. The van der Waals surface area contributed by atoms with Gasteiger partial charge in [-0.2, -0.15) is 13.2 Å². The molecule has 2 aliphatic rings. The molecule has 1 saturated heterocycles. The fourth-order valence-electron chi connectivity index (χ4n) is 4.67. The van der Waals surface area contributed by atoms with Crippen LogP contribution in [0.1, 0.15) is 73.0 Å². The molecular formula is C25H26F4N6O3. The highest BCUT2D eigenvalue weighted by Crippen LogP contribution is 2.39. The molecule has 1 aliphatic heterocycles. The van der Waals surface area contributed by atoms with Crippen molar-refractivity contribution < 1.29 is 27.1 Å². The molecular weight excluding hydrogens is 508 g/mol. The zero-order chi connectivity index (χ0) is 27.4. The lowest BCUT2D eigenvalue weighted by molar-refractivity contribution is -0.141. The summed E-state index contributed by atoms with van der Waals surface area (Å²) in [5.41, 5.74) is -2.47. The summed E-state index contributed by atoms with van der Waals surface area (Å²) in [6.45, 7) is 5.71. The van der Waals surface area contributed by atoms with Gasteiger partial charge in [0, 0.05) is 30.8 Å². The van der Waals surface area contributed by atoms with E-state index in [2.05, 4.69) is 25.3 Å². The zero-order valence-electron chi connectivity index (χ0n) is 20.9. The van der Waals surface area contributed by atoms with Gasteiger partial charge < -0.3 is 19.9 Å². The predicted molar refractivity (Wildman–Crippen MR) is 129 cm³/mol. The number of carbonyl (C=O) groups is 1. The Morgan fingerprint density at radius 1 is 1.18 bits per heavy atom. The number of amides is 1. The van der Waals surface area contributed by atoms with Gasteiger partial charge in [-0.25, -0.2) is 19.3 Å². The van der Waals surface area contributed by atoms with E-state index in [1.54, 1.807) is 4.90 Å². The van der Waals surface area contributed by atoms with E-state index < -0.39 is 35.2 Å². The molecule has 1 saturated carbocycles. The molecule has 3 aromatic rings. The van der Waals surface area contributed by atoms with Crippen molar-refractivity contribution in [1.29, 1.82) is 0 Å². The quantitative estimate of drug-likeness (QED) is 0.473. The minimum absolute atomic E-state index is 0.00873. The number of halogens is 4. The number of rotatable bonds is 5. The van der Waals surface area contributed by atoms with Crippen molar-refractivity contribution >= 4 is 22.8 Å². The Hall–Kier alpha value is -3.61. The number of H-pyrrole nitrogens is 1. The predicted octanol–water partition coefficient (Wildman–Crippen LogP) is 4.17. The van der Waals surface area contributed by atoms with Crippen LogP contribution in [0.2, 0.25) is 0 Å². The number of ether oxygens (including phenoxy) is 1. The summed E-state index contributed by atoms with van der Waals surface area (Å²) in [5, 5.41) is 2.52. The van der Waals surface area contributed by atoms with Crippen LogP contribution in [0.4, 0.5) is 23.4 Å². The maximum absolute atomic E-state index is 15.0. The van der Waals surface area contributed by atoms with Gasteiger partial charge in [-0.1, -0.05) is 0 Å². The normalized spacial score (nSPS) is 21.0. The van der Waals surface area contributed by atoms with Gasteiger partial charge >= 0.3 is 6.18 Å². The van der Waals surface area contributed by atoms with Gasteiger partial charge in [0.2, 0.25) is 0 Å². The third-order valence-electron chi connectivity index (χ3n) is 6.59. The lowest BCUT2D eigenvalue weighted by Crippen LogP contribution is -2.48. The van der Waals surface area contributed by atoms with Crippen molar-refractivity contribution in [2.75, 3.05) is 18.4 Å². The largest absolute Gasteiger partial charge is 0.433 e. The van der Waals surface area contributed by atoms with Crippen molar-refractivity contribution in [2.24, 2.45) is 0 Å². The summed E-state index contributed by atoms with van der Waals surface area (Å²) in [6, 6.07) is 0.921. The van der Waals surface area contributed by atoms with Crippen LogP contribution in [0.5, 0.6) is 0 Å². The van der Waals surface area contributed by atoms with E-state index in [9.17, 15) is 27.2 Å². The maximum Gasteiger partial charge on any atom is 0.433 e. The summed E-state index contributed by atoms with van der Waals surface area (Å²) in [6.07, 6.45) is -2.44. The second-order valence-corrected chi connectivity index (χ2v) is 9.91. The van der Waals surface area contributed by atoms with E-state index in [4.69, 9.17) is 4.74 Å². The number of hydrogen-bond donors (Lipinski definition) is 2. The van der Waals surface area contributed by atoms with Crippen LogP contribution in [0, 0.1) is 5.82 Å². The van der Waals surface area contributed by atoms with E-state index in [-0.39, 0.29) is 46.1 Å². The molecule has 202 valence electrons. The van der Waals surface area contributed by atoms with Crippen molar-refractivity contribution in [3.05, 3.63) is 57.1 Å². The van der Waals surface area contributed by atoms with E-state index in [1.807, 2.05) is 13.8 Å². The van der Waals surface area contributed by atoms with Crippen LogP contribution in [-0.2, 0) is 10.9 Å². The lowest BCUT2D eigenvalue weighted by Gasteiger charge is -2.35. The summed E-state index contributed by atoms with van der Waals surface area (Å²) in [7, 11) is 0. The average molecular weight is 535 g/mol. The SMILES string of the molecule is CC(Nc1ncc(C(=O)N2C[C@@H](C)O[C@@H](C)C2)cc1F)c1cc2c(=O)[nH]c(C3CC3)nc2nc1C(F)(F)F. The second-order valence-electron chi connectivity index (χ2n) is 9.91. The number of anilines is 1. The minimum Gasteiger partial charge on any atom is -0.372 e. The molecule has 1 unspecified atom stereocenters. The molecule has 4 heterocycles. The van der Waals surface area contributed by atoms with E-state index in [0.29, 0.717) is 18.9 Å². The Bertz CT molecular complexity index is 1450. The first kappa shape index (κ1) is 26.0. The molecule has 1 aliphatic carbocycles. The molecule has 0 spiro atoms. The number of aromatic amines is 1. The summed E-state index contributed by atoms with van der Waals surface area (Å²) < 4.78 is 62.4. The lowest BCUT2D eigenvalue weighted by atomic mass is 10.0. The van der Waals surface area contributed by atoms with Crippen LogP contribution in [0.3, 0.4) is 0 Å². The van der Waals surface area contributed by atoms with Crippen molar-refractivity contribution in [2.45, 2.75) is 64.0 Å². The minimum atomic E-state index is -4.85. The molecule has 3 aromatic heterocycles. The highest BCUT2D eigenvalue weighted by molar-refractivity contribution is 5.94. The van der Waals surface area contributed by atoms with Crippen LogP contribution in [0.15, 0.2) is 23.1 Å². The fourth-order valence-corrected chi connectivity index (χ4v) is 4.67. The smallest absolute Gasteiger partial charge is 0.372 e. The number of pyridine rings is 2. The Balaban J connectivity index is 1.43. The third kappa shape index (κ3) is 5.19. The number of fused-ring (bicyclic) bond motifs is 1. The Kier molecular flexibility index (Phi) is 6.58. The summed E-state index contributed by atoms with van der Waals surface area (Å²) in [4.78, 5) is 41.4. The van der Waals surface area contributed by atoms with Crippen molar-refractivity contribution in [3.8, 4) is 0 Å².